The van der Waals surface area contributed by atoms with Gasteiger partial charge in [-0.1, -0.05) is 13.8 Å². The Balaban J connectivity index is 3.82. The molecule has 0 bridgehead atoms. The second-order valence-corrected chi connectivity index (χ2v) is 4.74. The van der Waals surface area contributed by atoms with Crippen molar-refractivity contribution in [3.8, 4) is 0 Å². The first-order chi connectivity index (χ1) is 7.47. The Morgan fingerprint density at radius 3 is 2.44 bits per heavy atom. The van der Waals surface area contributed by atoms with Gasteiger partial charge in [0.1, 0.15) is 0 Å². The van der Waals surface area contributed by atoms with Crippen LogP contribution in [0.3, 0.4) is 0 Å². The molecule has 0 aliphatic carbocycles. The summed E-state index contributed by atoms with van der Waals surface area (Å²) in [6.45, 7) is 6.67. The number of amides is 1. The zero-order valence-electron chi connectivity index (χ0n) is 11.0. The number of hydrogen-bond donors (Lipinski definition) is 2. The molecule has 1 amide bonds. The molecule has 0 fully saturated rings. The molecule has 0 heterocycles. The van der Waals surface area contributed by atoms with Gasteiger partial charge in [0.15, 0.2) is 0 Å². The van der Waals surface area contributed by atoms with E-state index in [-0.39, 0.29) is 18.0 Å². The van der Waals surface area contributed by atoms with Crippen molar-refractivity contribution in [2.24, 2.45) is 11.7 Å². The molecule has 3 N–H and O–H groups in total. The van der Waals surface area contributed by atoms with Gasteiger partial charge in [-0.25, -0.2) is 0 Å². The molecule has 2 unspecified atom stereocenters. The fourth-order valence-electron chi connectivity index (χ4n) is 1.44. The lowest BCUT2D eigenvalue weighted by molar-refractivity contribution is -0.122. The fourth-order valence-corrected chi connectivity index (χ4v) is 1.44. The van der Waals surface area contributed by atoms with Crippen LogP contribution in [0.4, 0.5) is 0 Å². The van der Waals surface area contributed by atoms with Gasteiger partial charge in [-0.05, 0) is 25.7 Å². The topological polar surface area (TPSA) is 64.3 Å². The first-order valence-corrected chi connectivity index (χ1v) is 6.01. The van der Waals surface area contributed by atoms with E-state index in [9.17, 15) is 4.79 Å². The summed E-state index contributed by atoms with van der Waals surface area (Å²) in [6.07, 6.45) is 2.29. The smallest absolute Gasteiger partial charge is 0.220 e. The van der Waals surface area contributed by atoms with Crippen molar-refractivity contribution in [3.63, 3.8) is 0 Å². The van der Waals surface area contributed by atoms with Gasteiger partial charge in [-0.15, -0.1) is 0 Å². The van der Waals surface area contributed by atoms with Crippen LogP contribution in [0, 0.1) is 5.92 Å². The van der Waals surface area contributed by atoms with Gasteiger partial charge >= 0.3 is 0 Å². The molecule has 0 aromatic heterocycles. The number of hydrogen-bond acceptors (Lipinski definition) is 3. The second kappa shape index (κ2) is 8.53. The van der Waals surface area contributed by atoms with Crippen LogP contribution < -0.4 is 11.1 Å². The molecule has 0 aliphatic rings. The van der Waals surface area contributed by atoms with Crippen LogP contribution in [0.15, 0.2) is 0 Å². The molecular weight excluding hydrogens is 204 g/mol. The first kappa shape index (κ1) is 15.4. The Labute approximate surface area is 98.9 Å². The Morgan fingerprint density at radius 1 is 1.38 bits per heavy atom. The number of carbonyl (C=O) groups excluding carboxylic acids is 1. The van der Waals surface area contributed by atoms with Crippen LogP contribution in [-0.4, -0.2) is 31.7 Å². The van der Waals surface area contributed by atoms with Crippen LogP contribution >= 0.6 is 0 Å². The summed E-state index contributed by atoms with van der Waals surface area (Å²) in [5.74, 6) is 0.480. The maximum Gasteiger partial charge on any atom is 0.220 e. The number of rotatable bonds is 8. The van der Waals surface area contributed by atoms with E-state index >= 15 is 0 Å². The minimum absolute atomic E-state index is 0.0939. The predicted molar refractivity (Wildman–Crippen MR) is 66.1 cm³/mol. The van der Waals surface area contributed by atoms with E-state index in [0.717, 1.165) is 12.8 Å². The van der Waals surface area contributed by atoms with Crippen molar-refractivity contribution < 1.29 is 9.53 Å². The summed E-state index contributed by atoms with van der Waals surface area (Å²) in [5.41, 5.74) is 5.62. The highest BCUT2D eigenvalue weighted by Crippen LogP contribution is 2.04. The molecule has 2 atom stereocenters. The lowest BCUT2D eigenvalue weighted by atomic mass is 10.0. The Bertz CT molecular complexity index is 193. The summed E-state index contributed by atoms with van der Waals surface area (Å²) in [5, 5.41) is 2.99. The van der Waals surface area contributed by atoms with Gasteiger partial charge in [-0.2, -0.15) is 0 Å². The zero-order chi connectivity index (χ0) is 12.6. The Kier molecular flexibility index (Phi) is 8.21. The summed E-state index contributed by atoms with van der Waals surface area (Å²) < 4.78 is 5.07. The van der Waals surface area contributed by atoms with Crippen LogP contribution in [0.5, 0.6) is 0 Å². The van der Waals surface area contributed by atoms with Gasteiger partial charge in [0.05, 0.1) is 12.6 Å². The van der Waals surface area contributed by atoms with E-state index in [1.54, 1.807) is 7.11 Å². The summed E-state index contributed by atoms with van der Waals surface area (Å²) in [4.78, 5) is 11.6. The monoisotopic (exact) mass is 230 g/mol. The average Bonchev–Trinajstić information content (AvgIpc) is 2.16. The Hall–Kier alpha value is -0.610. The van der Waals surface area contributed by atoms with E-state index < -0.39 is 0 Å². The molecule has 0 aliphatic heterocycles. The number of methoxy groups -OCH3 is 1. The molecule has 4 nitrogen and oxygen atoms in total. The summed E-state index contributed by atoms with van der Waals surface area (Å²) >= 11 is 0. The molecule has 0 saturated heterocycles. The molecule has 0 saturated carbocycles. The number of carbonyl (C=O) groups is 1. The van der Waals surface area contributed by atoms with E-state index in [0.29, 0.717) is 18.9 Å². The fraction of sp³-hybridized carbons (Fsp3) is 0.917. The standard InChI is InChI=1S/C12H26N2O2/c1-9(2)11(8-16-4)14-12(15)7-5-6-10(3)13/h9-11H,5-8,13H2,1-4H3,(H,14,15). The normalized spacial score (nSPS) is 14.9. The molecular formula is C12H26N2O2. The molecule has 0 aromatic rings. The zero-order valence-corrected chi connectivity index (χ0v) is 11.0. The lowest BCUT2D eigenvalue weighted by Crippen LogP contribution is -2.41. The first-order valence-electron chi connectivity index (χ1n) is 6.01. The van der Waals surface area contributed by atoms with Crippen molar-refractivity contribution in [1.29, 1.82) is 0 Å². The highest BCUT2D eigenvalue weighted by atomic mass is 16.5. The molecule has 0 spiro atoms. The Morgan fingerprint density at radius 2 is 2.00 bits per heavy atom. The van der Waals surface area contributed by atoms with Crippen molar-refractivity contribution in [2.75, 3.05) is 13.7 Å². The maximum absolute atomic E-state index is 11.6. The van der Waals surface area contributed by atoms with Gasteiger partial charge < -0.3 is 15.8 Å². The van der Waals surface area contributed by atoms with Gasteiger partial charge in [0.25, 0.3) is 0 Å². The largest absolute Gasteiger partial charge is 0.383 e. The highest BCUT2D eigenvalue weighted by Gasteiger charge is 2.15. The molecule has 4 heteroatoms. The highest BCUT2D eigenvalue weighted by molar-refractivity contribution is 5.76. The third kappa shape index (κ3) is 7.65. The number of ether oxygens (including phenoxy) is 1. The van der Waals surface area contributed by atoms with Crippen LogP contribution in [0.1, 0.15) is 40.0 Å². The van der Waals surface area contributed by atoms with Crippen molar-refractivity contribution >= 4 is 5.91 Å². The number of nitrogens with two attached hydrogens (primary N) is 1. The minimum Gasteiger partial charge on any atom is -0.383 e. The van der Waals surface area contributed by atoms with Crippen LogP contribution in [-0.2, 0) is 9.53 Å². The van der Waals surface area contributed by atoms with Gasteiger partial charge in [0, 0.05) is 19.6 Å². The average molecular weight is 230 g/mol. The third-order valence-electron chi connectivity index (χ3n) is 2.56. The van der Waals surface area contributed by atoms with Crippen molar-refractivity contribution in [3.05, 3.63) is 0 Å². The molecule has 0 radical (unpaired) electrons. The van der Waals surface area contributed by atoms with Crippen molar-refractivity contribution in [1.82, 2.24) is 5.32 Å². The molecule has 0 aromatic carbocycles. The molecule has 0 rings (SSSR count). The summed E-state index contributed by atoms with van der Waals surface area (Å²) in [6, 6.07) is 0.278. The van der Waals surface area contributed by atoms with E-state index in [1.165, 1.54) is 0 Å². The third-order valence-corrected chi connectivity index (χ3v) is 2.56. The van der Waals surface area contributed by atoms with Crippen LogP contribution in [0.25, 0.3) is 0 Å². The van der Waals surface area contributed by atoms with Crippen LogP contribution in [0.2, 0.25) is 0 Å². The molecule has 16 heavy (non-hydrogen) atoms. The van der Waals surface area contributed by atoms with Gasteiger partial charge in [-0.3, -0.25) is 4.79 Å². The predicted octanol–water partition coefficient (Wildman–Crippen LogP) is 1.29. The lowest BCUT2D eigenvalue weighted by Gasteiger charge is -2.21. The van der Waals surface area contributed by atoms with Gasteiger partial charge in [0.2, 0.25) is 5.91 Å². The second-order valence-electron chi connectivity index (χ2n) is 4.74. The molecule has 96 valence electrons. The van der Waals surface area contributed by atoms with E-state index in [2.05, 4.69) is 19.2 Å². The maximum atomic E-state index is 11.6. The van der Waals surface area contributed by atoms with E-state index in [4.69, 9.17) is 10.5 Å². The summed E-state index contributed by atoms with van der Waals surface area (Å²) in [7, 11) is 1.65. The quantitative estimate of drug-likeness (QED) is 0.660. The SMILES string of the molecule is COCC(NC(=O)CCCC(C)N)C(C)C. The number of nitrogens with one attached hydrogen (secondary N) is 1. The van der Waals surface area contributed by atoms with Crippen molar-refractivity contribution in [2.45, 2.75) is 52.1 Å². The minimum atomic E-state index is 0.0939. The van der Waals surface area contributed by atoms with E-state index in [1.807, 2.05) is 6.92 Å².